The molecule has 1 amide bonds. The van der Waals surface area contributed by atoms with Crippen molar-refractivity contribution in [1.82, 2.24) is 5.32 Å². The van der Waals surface area contributed by atoms with Gasteiger partial charge in [0, 0.05) is 12.1 Å². The fourth-order valence-electron chi connectivity index (χ4n) is 3.25. The van der Waals surface area contributed by atoms with Crippen molar-refractivity contribution in [2.24, 2.45) is 0 Å². The van der Waals surface area contributed by atoms with Crippen LogP contribution in [0.1, 0.15) is 94.3 Å². The molecule has 0 aromatic heterocycles. The van der Waals surface area contributed by atoms with E-state index in [1.807, 2.05) is 0 Å². The van der Waals surface area contributed by atoms with Gasteiger partial charge in [0.05, 0.1) is 14.2 Å². The smallest absolute Gasteiger partial charge is 0.251 e. The van der Waals surface area contributed by atoms with Crippen LogP contribution in [-0.2, 0) is 0 Å². The zero-order chi connectivity index (χ0) is 19.7. The Bertz CT molecular complexity index is 516. The third-order valence-corrected chi connectivity index (χ3v) is 4.96. The number of carbonyl (C=O) groups excluding carboxylic acids is 1. The molecule has 0 heterocycles. The van der Waals surface area contributed by atoms with Gasteiger partial charge in [-0.3, -0.25) is 4.79 Å². The summed E-state index contributed by atoms with van der Waals surface area (Å²) in [4.78, 5) is 12.2. The number of ether oxygens (including phenoxy) is 2. The Hall–Kier alpha value is -1.71. The number of hydrogen-bond donors (Lipinski definition) is 1. The van der Waals surface area contributed by atoms with Gasteiger partial charge in [-0.25, -0.2) is 0 Å². The molecule has 4 heteroatoms. The zero-order valence-electron chi connectivity index (χ0n) is 17.6. The lowest BCUT2D eigenvalue weighted by Crippen LogP contribution is -2.24. The van der Waals surface area contributed by atoms with Gasteiger partial charge in [0.15, 0.2) is 11.5 Å². The van der Waals surface area contributed by atoms with Gasteiger partial charge in [-0.15, -0.1) is 0 Å². The SMILES string of the molecule is CCCCCCCCCCCCCCNC(=O)c1ccc(OC)c(OC)c1. The van der Waals surface area contributed by atoms with Crippen molar-refractivity contribution in [3.05, 3.63) is 23.8 Å². The van der Waals surface area contributed by atoms with Crippen LogP contribution >= 0.6 is 0 Å². The van der Waals surface area contributed by atoms with Crippen molar-refractivity contribution in [2.45, 2.75) is 84.0 Å². The average Bonchev–Trinajstić information content (AvgIpc) is 2.70. The number of amides is 1. The van der Waals surface area contributed by atoms with Crippen LogP contribution in [-0.4, -0.2) is 26.7 Å². The van der Waals surface area contributed by atoms with Crippen molar-refractivity contribution in [3.8, 4) is 11.5 Å². The molecule has 1 N–H and O–H groups in total. The van der Waals surface area contributed by atoms with Crippen LogP contribution in [0.5, 0.6) is 11.5 Å². The first-order chi connectivity index (χ1) is 13.2. The molecule has 0 aliphatic rings. The third-order valence-electron chi connectivity index (χ3n) is 4.96. The summed E-state index contributed by atoms with van der Waals surface area (Å²) in [5.74, 6) is 1.16. The second-order valence-corrected chi connectivity index (χ2v) is 7.21. The van der Waals surface area contributed by atoms with E-state index in [-0.39, 0.29) is 5.91 Å². The van der Waals surface area contributed by atoms with Gasteiger partial charge in [-0.05, 0) is 24.6 Å². The van der Waals surface area contributed by atoms with E-state index in [4.69, 9.17) is 9.47 Å². The summed E-state index contributed by atoms with van der Waals surface area (Å²) in [5.41, 5.74) is 0.603. The van der Waals surface area contributed by atoms with Gasteiger partial charge in [0.1, 0.15) is 0 Å². The lowest BCUT2D eigenvalue weighted by Gasteiger charge is -2.10. The van der Waals surface area contributed by atoms with Crippen LogP contribution in [0.2, 0.25) is 0 Å². The highest BCUT2D eigenvalue weighted by atomic mass is 16.5. The molecule has 4 nitrogen and oxygen atoms in total. The van der Waals surface area contributed by atoms with Crippen LogP contribution in [0.4, 0.5) is 0 Å². The van der Waals surface area contributed by atoms with E-state index in [0.717, 1.165) is 13.0 Å². The highest BCUT2D eigenvalue weighted by Gasteiger charge is 2.10. The first kappa shape index (κ1) is 23.3. The summed E-state index contributed by atoms with van der Waals surface area (Å²) in [7, 11) is 3.16. The Kier molecular flexibility index (Phi) is 13.3. The topological polar surface area (TPSA) is 47.6 Å². The van der Waals surface area contributed by atoms with E-state index in [1.54, 1.807) is 32.4 Å². The van der Waals surface area contributed by atoms with Gasteiger partial charge >= 0.3 is 0 Å². The van der Waals surface area contributed by atoms with E-state index in [2.05, 4.69) is 12.2 Å². The number of unbranched alkanes of at least 4 members (excludes halogenated alkanes) is 11. The van der Waals surface area contributed by atoms with E-state index < -0.39 is 0 Å². The minimum Gasteiger partial charge on any atom is -0.493 e. The lowest BCUT2D eigenvalue weighted by atomic mass is 10.1. The number of carbonyl (C=O) groups is 1. The second kappa shape index (κ2) is 15.4. The molecule has 0 spiro atoms. The molecule has 0 saturated heterocycles. The van der Waals surface area contributed by atoms with Crippen LogP contribution in [0.25, 0.3) is 0 Å². The standard InChI is InChI=1S/C23H39NO3/c1-4-5-6-7-8-9-10-11-12-13-14-15-18-24-23(25)20-16-17-21(26-2)22(19-20)27-3/h16-17,19H,4-15,18H2,1-3H3,(H,24,25). The Morgan fingerprint density at radius 1 is 0.778 bits per heavy atom. The number of methoxy groups -OCH3 is 2. The van der Waals surface area contributed by atoms with E-state index in [9.17, 15) is 4.79 Å². The number of nitrogens with one attached hydrogen (secondary N) is 1. The van der Waals surface area contributed by atoms with Crippen LogP contribution in [0, 0.1) is 0 Å². The van der Waals surface area contributed by atoms with Crippen LogP contribution in [0.3, 0.4) is 0 Å². The molecule has 1 rings (SSSR count). The maximum Gasteiger partial charge on any atom is 0.251 e. The van der Waals surface area contributed by atoms with Gasteiger partial charge in [-0.2, -0.15) is 0 Å². The zero-order valence-corrected chi connectivity index (χ0v) is 17.6. The van der Waals surface area contributed by atoms with Gasteiger partial charge in [-0.1, -0.05) is 77.6 Å². The van der Waals surface area contributed by atoms with Gasteiger partial charge in [0.25, 0.3) is 5.91 Å². The summed E-state index contributed by atoms with van der Waals surface area (Å²) in [6.45, 7) is 2.99. The predicted octanol–water partition coefficient (Wildman–Crippen LogP) is 6.13. The molecule has 0 radical (unpaired) electrons. The maximum atomic E-state index is 12.2. The number of hydrogen-bond acceptors (Lipinski definition) is 3. The minimum atomic E-state index is -0.0565. The lowest BCUT2D eigenvalue weighted by molar-refractivity contribution is 0.0952. The first-order valence-electron chi connectivity index (χ1n) is 10.7. The van der Waals surface area contributed by atoms with Gasteiger partial charge in [0.2, 0.25) is 0 Å². The second-order valence-electron chi connectivity index (χ2n) is 7.21. The van der Waals surface area contributed by atoms with Crippen LogP contribution in [0.15, 0.2) is 18.2 Å². The van der Waals surface area contributed by atoms with Crippen molar-refractivity contribution >= 4 is 5.91 Å². The van der Waals surface area contributed by atoms with Crippen LogP contribution < -0.4 is 14.8 Å². The molecule has 27 heavy (non-hydrogen) atoms. The van der Waals surface area contributed by atoms with Crippen molar-refractivity contribution in [2.75, 3.05) is 20.8 Å². The first-order valence-corrected chi connectivity index (χ1v) is 10.7. The summed E-state index contributed by atoms with van der Waals surface area (Å²) in [6.07, 6.45) is 15.9. The molecule has 0 aliphatic carbocycles. The molecule has 1 aromatic rings. The molecule has 0 bridgehead atoms. The molecule has 1 aromatic carbocycles. The Morgan fingerprint density at radius 3 is 1.81 bits per heavy atom. The fraction of sp³-hybridized carbons (Fsp3) is 0.696. The minimum absolute atomic E-state index is 0.0565. The Balaban J connectivity index is 2.03. The number of rotatable bonds is 16. The Morgan fingerprint density at radius 2 is 1.30 bits per heavy atom. The quantitative estimate of drug-likeness (QED) is 0.352. The molecule has 0 saturated carbocycles. The van der Waals surface area contributed by atoms with Crippen molar-refractivity contribution in [1.29, 1.82) is 0 Å². The molecular weight excluding hydrogens is 338 g/mol. The summed E-state index contributed by atoms with van der Waals surface area (Å²) < 4.78 is 10.4. The predicted molar refractivity (Wildman–Crippen MR) is 113 cm³/mol. The van der Waals surface area contributed by atoms with Crippen molar-refractivity contribution < 1.29 is 14.3 Å². The number of benzene rings is 1. The maximum absolute atomic E-state index is 12.2. The highest BCUT2D eigenvalue weighted by molar-refractivity contribution is 5.94. The van der Waals surface area contributed by atoms with E-state index in [1.165, 1.54) is 70.6 Å². The normalized spacial score (nSPS) is 10.6. The highest BCUT2D eigenvalue weighted by Crippen LogP contribution is 2.27. The fourth-order valence-corrected chi connectivity index (χ4v) is 3.25. The summed E-state index contributed by atoms with van der Waals surface area (Å²) in [5, 5.41) is 2.99. The van der Waals surface area contributed by atoms with E-state index in [0.29, 0.717) is 17.1 Å². The third kappa shape index (κ3) is 10.3. The molecule has 0 aliphatic heterocycles. The van der Waals surface area contributed by atoms with Crippen molar-refractivity contribution in [3.63, 3.8) is 0 Å². The summed E-state index contributed by atoms with van der Waals surface area (Å²) >= 11 is 0. The Labute approximate surface area is 166 Å². The van der Waals surface area contributed by atoms with Gasteiger partial charge < -0.3 is 14.8 Å². The molecular formula is C23H39NO3. The molecule has 0 atom stereocenters. The largest absolute Gasteiger partial charge is 0.493 e. The average molecular weight is 378 g/mol. The van der Waals surface area contributed by atoms with E-state index >= 15 is 0 Å². The molecule has 0 fully saturated rings. The monoisotopic (exact) mass is 377 g/mol. The molecule has 154 valence electrons. The summed E-state index contributed by atoms with van der Waals surface area (Å²) in [6, 6.07) is 5.24. The molecule has 0 unspecified atom stereocenters.